The van der Waals surface area contributed by atoms with Crippen molar-refractivity contribution in [2.75, 3.05) is 6.61 Å². The quantitative estimate of drug-likeness (QED) is 0.743. The van der Waals surface area contributed by atoms with E-state index in [9.17, 15) is 5.11 Å². The van der Waals surface area contributed by atoms with E-state index < -0.39 is 14.7 Å². The topological polar surface area (TPSA) is 69.9 Å². The summed E-state index contributed by atoms with van der Waals surface area (Å²) in [6.07, 6.45) is -0.890. The van der Waals surface area contributed by atoms with Crippen molar-refractivity contribution in [1.82, 2.24) is 0 Å². The van der Waals surface area contributed by atoms with Crippen LogP contribution >= 0.6 is 8.60 Å². The highest BCUT2D eigenvalue weighted by atomic mass is 31.2. The lowest BCUT2D eigenvalue weighted by Crippen LogP contribution is -2.24. The fourth-order valence-electron chi connectivity index (χ4n) is 2.45. The Kier molecular flexibility index (Phi) is 5.93. The molecule has 0 aliphatic rings. The predicted octanol–water partition coefficient (Wildman–Crippen LogP) is 3.54. The van der Waals surface area contributed by atoms with Gasteiger partial charge in [-0.1, -0.05) is 59.7 Å². The molecule has 0 saturated heterocycles. The zero-order chi connectivity index (χ0) is 16.4. The molecule has 1 aromatic carbocycles. The van der Waals surface area contributed by atoms with Gasteiger partial charge in [-0.2, -0.15) is 0 Å². The summed E-state index contributed by atoms with van der Waals surface area (Å²) < 4.78 is 4.82. The molecule has 1 unspecified atom stereocenters. The smallest absolute Gasteiger partial charge is 0.327 e. The van der Waals surface area contributed by atoms with E-state index in [1.807, 2.05) is 18.2 Å². The fourth-order valence-corrected chi connectivity index (χ4v) is 2.73. The van der Waals surface area contributed by atoms with Gasteiger partial charge < -0.3 is 19.4 Å². The van der Waals surface area contributed by atoms with Gasteiger partial charge in [-0.3, -0.25) is 0 Å². The Labute approximate surface area is 128 Å². The van der Waals surface area contributed by atoms with Crippen LogP contribution in [0.25, 0.3) is 0 Å². The van der Waals surface area contributed by atoms with Crippen molar-refractivity contribution in [2.24, 2.45) is 0 Å². The lowest BCUT2D eigenvalue weighted by atomic mass is 9.75. The second-order valence-corrected chi connectivity index (χ2v) is 8.09. The number of aliphatic hydroxyl groups is 1. The molecular weight excluding hydrogens is 287 g/mol. The zero-order valence-corrected chi connectivity index (χ0v) is 14.6. The second-order valence-electron chi connectivity index (χ2n) is 7.33. The third-order valence-electron chi connectivity index (χ3n) is 3.40. The third-order valence-corrected chi connectivity index (χ3v) is 3.78. The maximum atomic E-state index is 10.5. The number of aliphatic hydroxyl groups excluding tert-OH is 1. The lowest BCUT2D eigenvalue weighted by molar-refractivity contribution is 0.0964. The van der Waals surface area contributed by atoms with Gasteiger partial charge in [-0.05, 0) is 27.5 Å². The van der Waals surface area contributed by atoms with Crippen LogP contribution in [0.1, 0.15) is 64.3 Å². The zero-order valence-electron chi connectivity index (χ0n) is 13.7. The summed E-state index contributed by atoms with van der Waals surface area (Å²) in [4.78, 5) is 17.8. The van der Waals surface area contributed by atoms with E-state index in [0.29, 0.717) is 0 Å². The SMILES string of the molecule is CC(C)(C)c1cccc(C(C)(C)C)c1C(O)COP(O)O. The standard InChI is InChI=1S/C16H27O4P/c1-15(2,3)11-8-7-9-12(16(4,5)6)14(11)13(17)10-20-21(18)19/h7-9,13,17-19H,10H2,1-6H3. The van der Waals surface area contributed by atoms with Gasteiger partial charge in [0.2, 0.25) is 0 Å². The van der Waals surface area contributed by atoms with Gasteiger partial charge in [0, 0.05) is 0 Å². The van der Waals surface area contributed by atoms with E-state index >= 15 is 0 Å². The van der Waals surface area contributed by atoms with Crippen LogP contribution in [0.2, 0.25) is 0 Å². The Morgan fingerprint density at radius 2 is 1.43 bits per heavy atom. The largest absolute Gasteiger partial charge is 0.386 e. The summed E-state index contributed by atoms with van der Waals surface area (Å²) in [5, 5.41) is 10.5. The predicted molar refractivity (Wildman–Crippen MR) is 86.1 cm³/mol. The molecule has 0 aliphatic carbocycles. The molecule has 0 radical (unpaired) electrons. The highest BCUT2D eigenvalue weighted by Crippen LogP contribution is 2.38. The minimum Gasteiger partial charge on any atom is -0.386 e. The lowest BCUT2D eigenvalue weighted by Gasteiger charge is -2.32. The maximum absolute atomic E-state index is 10.5. The highest BCUT2D eigenvalue weighted by Gasteiger charge is 2.29. The van der Waals surface area contributed by atoms with Gasteiger partial charge in [-0.25, -0.2) is 0 Å². The second kappa shape index (κ2) is 6.72. The molecule has 0 heterocycles. The molecule has 0 fully saturated rings. The van der Waals surface area contributed by atoms with Crippen LogP contribution in [0.15, 0.2) is 18.2 Å². The molecule has 4 nitrogen and oxygen atoms in total. The highest BCUT2D eigenvalue weighted by molar-refractivity contribution is 7.39. The van der Waals surface area contributed by atoms with Gasteiger partial charge in [0.1, 0.15) is 6.10 Å². The molecule has 0 saturated carbocycles. The molecular formula is C16H27O4P. The van der Waals surface area contributed by atoms with Crippen molar-refractivity contribution < 1.29 is 19.4 Å². The Bertz CT molecular complexity index is 440. The Morgan fingerprint density at radius 1 is 1.00 bits per heavy atom. The first-order valence-electron chi connectivity index (χ1n) is 7.07. The van der Waals surface area contributed by atoms with Crippen LogP contribution in [0.4, 0.5) is 0 Å². The summed E-state index contributed by atoms with van der Waals surface area (Å²) in [5.41, 5.74) is 2.67. The van der Waals surface area contributed by atoms with E-state index in [0.717, 1.165) is 16.7 Å². The van der Waals surface area contributed by atoms with E-state index in [1.54, 1.807) is 0 Å². The Morgan fingerprint density at radius 3 is 1.76 bits per heavy atom. The molecule has 0 amide bonds. The van der Waals surface area contributed by atoms with Crippen LogP contribution in [-0.4, -0.2) is 21.5 Å². The van der Waals surface area contributed by atoms with Crippen molar-refractivity contribution in [2.45, 2.75) is 58.5 Å². The monoisotopic (exact) mass is 314 g/mol. The number of rotatable bonds is 4. The first-order chi connectivity index (χ1) is 9.44. The van der Waals surface area contributed by atoms with E-state index in [2.05, 4.69) is 41.5 Å². The molecule has 3 N–H and O–H groups in total. The van der Waals surface area contributed by atoms with Crippen LogP contribution in [0.5, 0.6) is 0 Å². The average molecular weight is 314 g/mol. The van der Waals surface area contributed by atoms with Gasteiger partial charge in [0.15, 0.2) is 0 Å². The molecule has 21 heavy (non-hydrogen) atoms. The number of hydrogen-bond acceptors (Lipinski definition) is 4. The van der Waals surface area contributed by atoms with Gasteiger partial charge >= 0.3 is 8.60 Å². The van der Waals surface area contributed by atoms with E-state index in [4.69, 9.17) is 14.3 Å². The van der Waals surface area contributed by atoms with E-state index in [1.165, 1.54) is 0 Å². The van der Waals surface area contributed by atoms with Crippen LogP contribution < -0.4 is 0 Å². The minimum absolute atomic E-state index is 0.124. The molecule has 0 bridgehead atoms. The van der Waals surface area contributed by atoms with E-state index in [-0.39, 0.29) is 17.4 Å². The maximum Gasteiger partial charge on any atom is 0.327 e. The van der Waals surface area contributed by atoms with Crippen LogP contribution in [0.3, 0.4) is 0 Å². The van der Waals surface area contributed by atoms with Crippen molar-refractivity contribution >= 4 is 8.60 Å². The summed E-state index contributed by atoms with van der Waals surface area (Å²) in [7, 11) is -2.46. The molecule has 0 spiro atoms. The molecule has 5 heteroatoms. The van der Waals surface area contributed by atoms with Crippen LogP contribution in [-0.2, 0) is 15.4 Å². The fraction of sp³-hybridized carbons (Fsp3) is 0.625. The first-order valence-corrected chi connectivity index (χ1v) is 8.24. The van der Waals surface area contributed by atoms with Gasteiger partial charge in [-0.15, -0.1) is 0 Å². The third kappa shape index (κ3) is 5.01. The summed E-state index contributed by atoms with van der Waals surface area (Å²) in [6.45, 7) is 12.4. The van der Waals surface area contributed by atoms with Crippen molar-refractivity contribution in [1.29, 1.82) is 0 Å². The summed E-state index contributed by atoms with van der Waals surface area (Å²) in [5.74, 6) is 0. The van der Waals surface area contributed by atoms with Gasteiger partial charge in [0.05, 0.1) is 6.61 Å². The summed E-state index contributed by atoms with van der Waals surface area (Å²) in [6, 6.07) is 6.02. The molecule has 0 aromatic heterocycles. The van der Waals surface area contributed by atoms with Crippen molar-refractivity contribution in [3.05, 3.63) is 34.9 Å². The molecule has 0 aliphatic heterocycles. The first kappa shape index (κ1) is 18.5. The number of hydrogen-bond donors (Lipinski definition) is 3. The Hall–Kier alpha value is -0.510. The van der Waals surface area contributed by atoms with Crippen molar-refractivity contribution in [3.63, 3.8) is 0 Å². The van der Waals surface area contributed by atoms with Gasteiger partial charge in [0.25, 0.3) is 0 Å². The molecule has 1 atom stereocenters. The number of benzene rings is 1. The summed E-state index contributed by atoms with van der Waals surface area (Å²) >= 11 is 0. The Balaban J connectivity index is 3.36. The molecule has 120 valence electrons. The van der Waals surface area contributed by atoms with Crippen molar-refractivity contribution in [3.8, 4) is 0 Å². The molecule has 1 aromatic rings. The minimum atomic E-state index is -2.46. The molecule has 1 rings (SSSR count). The van der Waals surface area contributed by atoms with Crippen LogP contribution in [0, 0.1) is 0 Å². The average Bonchev–Trinajstić information content (AvgIpc) is 2.32. The normalized spacial score (nSPS) is 14.6.